The maximum atomic E-state index is 13.1. The van der Waals surface area contributed by atoms with E-state index in [1.165, 1.54) is 13.2 Å². The van der Waals surface area contributed by atoms with E-state index in [0.717, 1.165) is 43.1 Å². The number of carbonyl (C=O) groups is 1. The Kier molecular flexibility index (Phi) is 6.93. The maximum Gasteiger partial charge on any atom is 0.257 e. The number of nitrogens with zero attached hydrogens (tertiary/aromatic N) is 2. The van der Waals surface area contributed by atoms with E-state index in [1.807, 2.05) is 24.3 Å². The Morgan fingerprint density at radius 2 is 1.86 bits per heavy atom. The van der Waals surface area contributed by atoms with E-state index in [2.05, 4.69) is 17.1 Å². The van der Waals surface area contributed by atoms with Gasteiger partial charge in [0.1, 0.15) is 17.1 Å². The lowest BCUT2D eigenvalue weighted by Crippen LogP contribution is -2.31. The molecule has 1 aromatic heterocycles. The zero-order valence-electron chi connectivity index (χ0n) is 17.4. The molecule has 0 spiro atoms. The third kappa shape index (κ3) is 4.62. The summed E-state index contributed by atoms with van der Waals surface area (Å²) in [5, 5.41) is 2.96. The van der Waals surface area contributed by atoms with Crippen molar-refractivity contribution in [3.63, 3.8) is 0 Å². The molecule has 0 aliphatic carbocycles. The zero-order valence-corrected chi connectivity index (χ0v) is 17.4. The number of fused-ring (bicyclic) bond motifs is 1. The van der Waals surface area contributed by atoms with Crippen molar-refractivity contribution < 1.29 is 14.3 Å². The van der Waals surface area contributed by atoms with E-state index >= 15 is 0 Å². The largest absolute Gasteiger partial charge is 0.496 e. The highest BCUT2D eigenvalue weighted by Gasteiger charge is 2.25. The van der Waals surface area contributed by atoms with Gasteiger partial charge in [-0.2, -0.15) is 0 Å². The summed E-state index contributed by atoms with van der Waals surface area (Å²) in [5.74, 6) is 0.793. The number of benzene rings is 1. The number of hydrogen-bond donors (Lipinski definition) is 1. The third-order valence-corrected chi connectivity index (χ3v) is 5.30. The number of pyridine rings is 1. The van der Waals surface area contributed by atoms with Gasteiger partial charge in [-0.25, -0.2) is 0 Å². The molecule has 7 nitrogen and oxygen atoms in total. The minimum absolute atomic E-state index is 0.128. The van der Waals surface area contributed by atoms with Gasteiger partial charge >= 0.3 is 0 Å². The van der Waals surface area contributed by atoms with Crippen molar-refractivity contribution in [3.05, 3.63) is 57.5 Å². The summed E-state index contributed by atoms with van der Waals surface area (Å²) in [6, 6.07) is 8.98. The van der Waals surface area contributed by atoms with Crippen LogP contribution in [0.15, 0.2) is 35.1 Å². The standard InChI is InChI=1S/C22H29N3O4/c1-4-10-24-11-9-17-21(19(29-3)14-20(26)25(17)13-12-24)22(27)23-15-16-7-5-6-8-18(16)28-2/h5-8,14H,4,9-13,15H2,1-3H3,(H,23,27). The molecule has 0 fully saturated rings. The van der Waals surface area contributed by atoms with E-state index in [9.17, 15) is 9.59 Å². The van der Waals surface area contributed by atoms with Gasteiger partial charge in [0.2, 0.25) is 0 Å². The van der Waals surface area contributed by atoms with Crippen LogP contribution in [-0.2, 0) is 19.5 Å². The Morgan fingerprint density at radius 3 is 2.59 bits per heavy atom. The fourth-order valence-corrected chi connectivity index (χ4v) is 3.85. The quantitative estimate of drug-likeness (QED) is 0.772. The van der Waals surface area contributed by atoms with E-state index < -0.39 is 0 Å². The van der Waals surface area contributed by atoms with Crippen molar-refractivity contribution in [2.75, 3.05) is 33.9 Å². The molecule has 1 N–H and O–H groups in total. The molecule has 1 aromatic carbocycles. The molecule has 1 amide bonds. The van der Waals surface area contributed by atoms with Crippen molar-refractivity contribution in [1.29, 1.82) is 0 Å². The minimum Gasteiger partial charge on any atom is -0.496 e. The number of nitrogens with one attached hydrogen (secondary N) is 1. The summed E-state index contributed by atoms with van der Waals surface area (Å²) in [5.41, 5.74) is 1.94. The van der Waals surface area contributed by atoms with E-state index in [4.69, 9.17) is 9.47 Å². The number of para-hydroxylation sites is 1. The van der Waals surface area contributed by atoms with Crippen LogP contribution >= 0.6 is 0 Å². The predicted molar refractivity (Wildman–Crippen MR) is 112 cm³/mol. The highest BCUT2D eigenvalue weighted by Crippen LogP contribution is 2.23. The summed E-state index contributed by atoms with van der Waals surface area (Å²) < 4.78 is 12.5. The number of carbonyl (C=O) groups excluding carboxylic acids is 1. The van der Waals surface area contributed by atoms with Crippen LogP contribution in [0.25, 0.3) is 0 Å². The molecular weight excluding hydrogens is 370 g/mol. The summed E-state index contributed by atoms with van der Waals surface area (Å²) in [6.45, 7) is 5.64. The van der Waals surface area contributed by atoms with E-state index in [1.54, 1.807) is 11.7 Å². The summed E-state index contributed by atoms with van der Waals surface area (Å²) in [4.78, 5) is 28.1. The number of methoxy groups -OCH3 is 2. The smallest absolute Gasteiger partial charge is 0.257 e. The Bertz CT molecular complexity index is 923. The first kappa shape index (κ1) is 20.9. The summed E-state index contributed by atoms with van der Waals surface area (Å²) in [6.07, 6.45) is 1.69. The molecule has 156 valence electrons. The first-order valence-corrected chi connectivity index (χ1v) is 10.0. The predicted octanol–water partition coefficient (Wildman–Crippen LogP) is 2.06. The van der Waals surface area contributed by atoms with E-state index in [-0.39, 0.29) is 11.5 Å². The topological polar surface area (TPSA) is 72.8 Å². The molecule has 29 heavy (non-hydrogen) atoms. The number of hydrogen-bond acceptors (Lipinski definition) is 5. The highest BCUT2D eigenvalue weighted by molar-refractivity contribution is 5.98. The molecule has 1 aliphatic heterocycles. The van der Waals surface area contributed by atoms with Gasteiger partial charge in [0.05, 0.1) is 14.2 Å². The van der Waals surface area contributed by atoms with Crippen LogP contribution in [0, 0.1) is 0 Å². The number of rotatable bonds is 7. The van der Waals surface area contributed by atoms with Crippen molar-refractivity contribution in [1.82, 2.24) is 14.8 Å². The van der Waals surface area contributed by atoms with Crippen LogP contribution in [0.5, 0.6) is 11.5 Å². The zero-order chi connectivity index (χ0) is 20.8. The van der Waals surface area contributed by atoms with Crippen LogP contribution < -0.4 is 20.3 Å². The lowest BCUT2D eigenvalue weighted by molar-refractivity contribution is 0.0945. The fourth-order valence-electron chi connectivity index (χ4n) is 3.85. The van der Waals surface area contributed by atoms with E-state index in [0.29, 0.717) is 30.8 Å². The van der Waals surface area contributed by atoms with Gasteiger partial charge in [-0.3, -0.25) is 9.59 Å². The average molecular weight is 399 g/mol. The summed E-state index contributed by atoms with van der Waals surface area (Å²) in [7, 11) is 3.10. The number of ether oxygens (including phenoxy) is 2. The molecular formula is C22H29N3O4. The molecule has 1 aliphatic rings. The molecule has 0 saturated carbocycles. The van der Waals surface area contributed by atoms with Gasteiger partial charge in [0.25, 0.3) is 11.5 Å². The minimum atomic E-state index is -0.250. The number of amides is 1. The lowest BCUT2D eigenvalue weighted by Gasteiger charge is -2.18. The second-order valence-corrected chi connectivity index (χ2v) is 7.11. The van der Waals surface area contributed by atoms with Crippen LogP contribution in [0.2, 0.25) is 0 Å². The van der Waals surface area contributed by atoms with Crippen LogP contribution in [0.3, 0.4) is 0 Å². The Hall–Kier alpha value is -2.80. The molecule has 0 radical (unpaired) electrons. The normalized spacial score (nSPS) is 14.0. The molecule has 0 bridgehead atoms. The molecule has 0 saturated heterocycles. The molecule has 2 heterocycles. The molecule has 7 heteroatoms. The lowest BCUT2D eigenvalue weighted by atomic mass is 10.1. The van der Waals surface area contributed by atoms with Crippen molar-refractivity contribution in [3.8, 4) is 11.5 Å². The second kappa shape index (κ2) is 9.60. The Morgan fingerprint density at radius 1 is 1.10 bits per heavy atom. The van der Waals surface area contributed by atoms with Crippen LogP contribution in [0.1, 0.15) is 35.0 Å². The maximum absolute atomic E-state index is 13.1. The van der Waals surface area contributed by atoms with Gasteiger partial charge < -0.3 is 24.3 Å². The van der Waals surface area contributed by atoms with Crippen LogP contribution in [0.4, 0.5) is 0 Å². The first-order valence-electron chi connectivity index (χ1n) is 10.0. The number of aromatic nitrogens is 1. The average Bonchev–Trinajstić information content (AvgIpc) is 2.95. The van der Waals surface area contributed by atoms with Crippen molar-refractivity contribution >= 4 is 5.91 Å². The second-order valence-electron chi connectivity index (χ2n) is 7.11. The van der Waals surface area contributed by atoms with Gasteiger partial charge in [-0.15, -0.1) is 0 Å². The molecule has 3 rings (SSSR count). The first-order chi connectivity index (χ1) is 14.1. The Balaban J connectivity index is 1.90. The van der Waals surface area contributed by atoms with Gasteiger partial charge in [-0.1, -0.05) is 25.1 Å². The summed E-state index contributed by atoms with van der Waals surface area (Å²) >= 11 is 0. The Labute approximate surface area is 171 Å². The van der Waals surface area contributed by atoms with Crippen molar-refractivity contribution in [2.24, 2.45) is 0 Å². The molecule has 0 atom stereocenters. The van der Waals surface area contributed by atoms with Gasteiger partial charge in [0, 0.05) is 49.9 Å². The van der Waals surface area contributed by atoms with Crippen LogP contribution in [-0.4, -0.2) is 49.2 Å². The SMILES string of the molecule is CCCN1CCc2c(C(=O)NCc3ccccc3OC)c(OC)cc(=O)n2CC1. The highest BCUT2D eigenvalue weighted by atomic mass is 16.5. The van der Waals surface area contributed by atoms with Crippen molar-refractivity contribution in [2.45, 2.75) is 32.9 Å². The monoisotopic (exact) mass is 399 g/mol. The third-order valence-electron chi connectivity index (χ3n) is 5.30. The fraction of sp³-hybridized carbons (Fsp3) is 0.455. The van der Waals surface area contributed by atoms with Gasteiger partial charge in [-0.05, 0) is 19.0 Å². The molecule has 0 unspecified atom stereocenters. The molecule has 2 aromatic rings. The van der Waals surface area contributed by atoms with Gasteiger partial charge in [0.15, 0.2) is 0 Å².